The minimum atomic E-state index is -0.0106. The van der Waals surface area contributed by atoms with Crippen LogP contribution in [0.3, 0.4) is 0 Å². The smallest absolute Gasteiger partial charge is 0.254 e. The first kappa shape index (κ1) is 18.4. The van der Waals surface area contributed by atoms with Gasteiger partial charge in [0.25, 0.3) is 5.91 Å². The standard InChI is InChI=1S/C20H20N4O3S/c1-26-18-14-15(6-7-21-18)24-10-9-23(11-12-27-24)20(25)17-5-3-2-4-16(17)19-22-8-13-28-19/h2-8,13-14H,9-12H2,1H3. The van der Waals surface area contributed by atoms with Crippen molar-refractivity contribution in [2.45, 2.75) is 0 Å². The highest BCUT2D eigenvalue weighted by Crippen LogP contribution is 2.27. The van der Waals surface area contributed by atoms with Crippen molar-refractivity contribution < 1.29 is 14.4 Å². The second-order valence-corrected chi connectivity index (χ2v) is 7.06. The molecule has 1 aromatic carbocycles. The molecule has 0 N–H and O–H groups in total. The largest absolute Gasteiger partial charge is 0.481 e. The molecule has 1 aliphatic heterocycles. The Morgan fingerprint density at radius 3 is 2.86 bits per heavy atom. The molecule has 4 rings (SSSR count). The molecule has 2 aromatic heterocycles. The molecule has 0 spiro atoms. The molecule has 1 fully saturated rings. The number of amides is 1. The lowest BCUT2D eigenvalue weighted by Crippen LogP contribution is -2.35. The summed E-state index contributed by atoms with van der Waals surface area (Å²) in [6.45, 7) is 2.04. The third kappa shape index (κ3) is 3.83. The first-order chi connectivity index (χ1) is 13.8. The summed E-state index contributed by atoms with van der Waals surface area (Å²) in [6, 6.07) is 11.3. The van der Waals surface area contributed by atoms with Gasteiger partial charge in [-0.05, 0) is 12.1 Å². The van der Waals surface area contributed by atoms with Gasteiger partial charge < -0.3 is 9.64 Å². The van der Waals surface area contributed by atoms with Crippen molar-refractivity contribution in [1.29, 1.82) is 0 Å². The van der Waals surface area contributed by atoms with Crippen molar-refractivity contribution in [2.75, 3.05) is 38.4 Å². The van der Waals surface area contributed by atoms with Gasteiger partial charge in [0.05, 0.1) is 25.9 Å². The maximum atomic E-state index is 13.2. The van der Waals surface area contributed by atoms with E-state index in [1.807, 2.05) is 46.7 Å². The number of carbonyl (C=O) groups is 1. The number of aromatic nitrogens is 2. The Bertz CT molecular complexity index is 948. The van der Waals surface area contributed by atoms with Gasteiger partial charge in [-0.1, -0.05) is 18.2 Å². The van der Waals surface area contributed by atoms with Gasteiger partial charge in [0.2, 0.25) is 5.88 Å². The third-order valence-corrected chi connectivity index (χ3v) is 5.31. The number of pyridine rings is 1. The molecule has 144 valence electrons. The van der Waals surface area contributed by atoms with Gasteiger partial charge in [0.15, 0.2) is 0 Å². The van der Waals surface area contributed by atoms with Gasteiger partial charge >= 0.3 is 0 Å². The Labute approximate surface area is 167 Å². The second kappa shape index (κ2) is 8.37. The summed E-state index contributed by atoms with van der Waals surface area (Å²) in [5.74, 6) is 0.513. The summed E-state index contributed by atoms with van der Waals surface area (Å²) in [4.78, 5) is 29.4. The van der Waals surface area contributed by atoms with E-state index in [0.29, 0.717) is 37.7 Å². The maximum absolute atomic E-state index is 13.2. The quantitative estimate of drug-likeness (QED) is 0.675. The summed E-state index contributed by atoms with van der Waals surface area (Å²) in [7, 11) is 1.58. The number of rotatable bonds is 4. The number of thiazole rings is 1. The number of ether oxygens (including phenoxy) is 1. The average molecular weight is 396 g/mol. The molecule has 0 saturated carbocycles. The van der Waals surface area contributed by atoms with Crippen molar-refractivity contribution in [1.82, 2.24) is 14.9 Å². The molecule has 1 aliphatic rings. The molecular weight excluding hydrogens is 376 g/mol. The molecule has 7 nitrogen and oxygen atoms in total. The molecule has 0 unspecified atom stereocenters. The molecular formula is C20H20N4O3S. The van der Waals surface area contributed by atoms with Crippen LogP contribution in [0.1, 0.15) is 10.4 Å². The van der Waals surface area contributed by atoms with Crippen molar-refractivity contribution in [3.8, 4) is 16.5 Å². The van der Waals surface area contributed by atoms with Gasteiger partial charge in [-0.3, -0.25) is 14.7 Å². The Kier molecular flexibility index (Phi) is 5.50. The first-order valence-electron chi connectivity index (χ1n) is 8.95. The fraction of sp³-hybridized carbons (Fsp3) is 0.250. The Morgan fingerprint density at radius 2 is 2.04 bits per heavy atom. The predicted molar refractivity (Wildman–Crippen MR) is 108 cm³/mol. The van der Waals surface area contributed by atoms with E-state index in [1.54, 1.807) is 24.6 Å². The average Bonchev–Trinajstić information content (AvgIpc) is 3.17. The van der Waals surface area contributed by atoms with E-state index in [4.69, 9.17) is 9.57 Å². The van der Waals surface area contributed by atoms with E-state index in [-0.39, 0.29) is 5.91 Å². The highest BCUT2D eigenvalue weighted by Gasteiger charge is 2.24. The molecule has 0 aliphatic carbocycles. The normalized spacial score (nSPS) is 14.6. The number of hydrogen-bond acceptors (Lipinski definition) is 7. The third-order valence-electron chi connectivity index (χ3n) is 4.50. The highest BCUT2D eigenvalue weighted by molar-refractivity contribution is 7.13. The molecule has 8 heteroatoms. The molecule has 3 aromatic rings. The Hall–Kier alpha value is -2.97. The molecule has 0 radical (unpaired) electrons. The highest BCUT2D eigenvalue weighted by atomic mass is 32.1. The van der Waals surface area contributed by atoms with Crippen LogP contribution in [-0.4, -0.2) is 54.1 Å². The fourth-order valence-electron chi connectivity index (χ4n) is 3.10. The number of benzene rings is 1. The van der Waals surface area contributed by atoms with Crippen LogP contribution in [0, 0.1) is 0 Å². The van der Waals surface area contributed by atoms with Crippen LogP contribution in [-0.2, 0) is 4.84 Å². The van der Waals surface area contributed by atoms with Crippen LogP contribution in [0.2, 0.25) is 0 Å². The minimum absolute atomic E-state index is 0.0106. The molecule has 28 heavy (non-hydrogen) atoms. The van der Waals surface area contributed by atoms with Gasteiger partial charge in [-0.25, -0.2) is 9.97 Å². The van der Waals surface area contributed by atoms with Crippen molar-refractivity contribution in [3.63, 3.8) is 0 Å². The van der Waals surface area contributed by atoms with Gasteiger partial charge in [-0.2, -0.15) is 0 Å². The lowest BCUT2D eigenvalue weighted by molar-refractivity contribution is 0.0732. The zero-order chi connectivity index (χ0) is 19.3. The van der Waals surface area contributed by atoms with E-state index >= 15 is 0 Å². The summed E-state index contributed by atoms with van der Waals surface area (Å²) in [6.07, 6.45) is 3.43. The van der Waals surface area contributed by atoms with Gasteiger partial charge in [-0.15, -0.1) is 11.3 Å². The van der Waals surface area contributed by atoms with Crippen molar-refractivity contribution in [3.05, 3.63) is 59.7 Å². The van der Waals surface area contributed by atoms with Crippen LogP contribution >= 0.6 is 11.3 Å². The van der Waals surface area contributed by atoms with E-state index in [2.05, 4.69) is 9.97 Å². The zero-order valence-corrected chi connectivity index (χ0v) is 16.3. The monoisotopic (exact) mass is 396 g/mol. The van der Waals surface area contributed by atoms with Crippen molar-refractivity contribution >= 4 is 22.9 Å². The van der Waals surface area contributed by atoms with E-state index in [0.717, 1.165) is 16.3 Å². The second-order valence-electron chi connectivity index (χ2n) is 6.17. The maximum Gasteiger partial charge on any atom is 0.254 e. The first-order valence-corrected chi connectivity index (χ1v) is 9.83. The zero-order valence-electron chi connectivity index (χ0n) is 15.4. The van der Waals surface area contributed by atoms with Crippen LogP contribution < -0.4 is 9.80 Å². The predicted octanol–water partition coefficient (Wildman–Crippen LogP) is 3.11. The molecule has 0 atom stereocenters. The Balaban J connectivity index is 1.51. The van der Waals surface area contributed by atoms with E-state index in [9.17, 15) is 4.79 Å². The lowest BCUT2D eigenvalue weighted by atomic mass is 10.1. The molecule has 1 saturated heterocycles. The topological polar surface area (TPSA) is 67.8 Å². The molecule has 0 bridgehead atoms. The SMILES string of the molecule is COc1cc(N2CCN(C(=O)c3ccccc3-c3nccs3)CCO2)ccn1. The summed E-state index contributed by atoms with van der Waals surface area (Å²) >= 11 is 1.53. The van der Waals surface area contributed by atoms with Crippen LogP contribution in [0.4, 0.5) is 5.69 Å². The number of hydrogen-bond donors (Lipinski definition) is 0. The van der Waals surface area contributed by atoms with Gasteiger partial charge in [0, 0.05) is 48.1 Å². The Morgan fingerprint density at radius 1 is 1.14 bits per heavy atom. The fourth-order valence-corrected chi connectivity index (χ4v) is 3.78. The summed E-state index contributed by atoms with van der Waals surface area (Å²) in [5, 5.41) is 4.54. The van der Waals surface area contributed by atoms with Crippen LogP contribution in [0.15, 0.2) is 54.2 Å². The van der Waals surface area contributed by atoms with Gasteiger partial charge in [0.1, 0.15) is 5.01 Å². The number of nitrogens with zero attached hydrogens (tertiary/aromatic N) is 4. The van der Waals surface area contributed by atoms with E-state index in [1.165, 1.54) is 11.3 Å². The molecule has 1 amide bonds. The minimum Gasteiger partial charge on any atom is -0.481 e. The number of anilines is 1. The summed E-state index contributed by atoms with van der Waals surface area (Å²) < 4.78 is 5.18. The summed E-state index contributed by atoms with van der Waals surface area (Å²) in [5.41, 5.74) is 2.38. The van der Waals surface area contributed by atoms with Crippen LogP contribution in [0.25, 0.3) is 10.6 Å². The van der Waals surface area contributed by atoms with Crippen molar-refractivity contribution in [2.24, 2.45) is 0 Å². The van der Waals surface area contributed by atoms with E-state index < -0.39 is 0 Å². The number of hydroxylamine groups is 1. The number of methoxy groups -OCH3 is 1. The number of carbonyl (C=O) groups excluding carboxylic acids is 1. The van der Waals surface area contributed by atoms with Crippen LogP contribution in [0.5, 0.6) is 5.88 Å². The molecule has 3 heterocycles. The lowest BCUT2D eigenvalue weighted by Gasteiger charge is -2.22.